The second kappa shape index (κ2) is 6.16. The van der Waals surface area contributed by atoms with Crippen molar-refractivity contribution in [3.63, 3.8) is 0 Å². The molecule has 4 nitrogen and oxygen atoms in total. The van der Waals surface area contributed by atoms with Crippen molar-refractivity contribution in [1.82, 2.24) is 4.98 Å². The van der Waals surface area contributed by atoms with Crippen LogP contribution in [0.5, 0.6) is 5.75 Å². The van der Waals surface area contributed by atoms with Crippen LogP contribution < -0.4 is 4.74 Å². The van der Waals surface area contributed by atoms with Crippen molar-refractivity contribution in [2.75, 3.05) is 7.11 Å². The van der Waals surface area contributed by atoms with Crippen molar-refractivity contribution < 1.29 is 14.9 Å². The summed E-state index contributed by atoms with van der Waals surface area (Å²) >= 11 is 0. The monoisotopic (exact) mass is 251 g/mol. The molecule has 18 heavy (non-hydrogen) atoms. The molecule has 1 aromatic heterocycles. The molecule has 0 saturated heterocycles. The third kappa shape index (κ3) is 2.82. The van der Waals surface area contributed by atoms with Gasteiger partial charge in [-0.15, -0.1) is 0 Å². The van der Waals surface area contributed by atoms with Crippen LogP contribution in [-0.4, -0.2) is 28.4 Å². The van der Waals surface area contributed by atoms with E-state index >= 15 is 0 Å². The SMILES string of the molecule is COc1cccnc1C(O)C(O)C1CCCCC1. The number of aliphatic hydroxyl groups is 2. The molecule has 1 aromatic rings. The standard InChI is InChI=1S/C14H21NO3/c1-18-11-8-5-9-15-12(11)14(17)13(16)10-6-3-2-4-7-10/h5,8-10,13-14,16-17H,2-4,6-7H2,1H3. The molecular formula is C14H21NO3. The number of aliphatic hydroxyl groups excluding tert-OH is 2. The molecule has 2 atom stereocenters. The first-order valence-electron chi connectivity index (χ1n) is 6.59. The van der Waals surface area contributed by atoms with Gasteiger partial charge in [0.1, 0.15) is 17.5 Å². The number of methoxy groups -OCH3 is 1. The van der Waals surface area contributed by atoms with Crippen LogP contribution in [-0.2, 0) is 0 Å². The van der Waals surface area contributed by atoms with Gasteiger partial charge >= 0.3 is 0 Å². The van der Waals surface area contributed by atoms with Gasteiger partial charge in [0.05, 0.1) is 13.2 Å². The van der Waals surface area contributed by atoms with Crippen LogP contribution in [0.2, 0.25) is 0 Å². The van der Waals surface area contributed by atoms with Gasteiger partial charge in [0.2, 0.25) is 0 Å². The molecule has 0 spiro atoms. The zero-order chi connectivity index (χ0) is 13.0. The first-order valence-corrected chi connectivity index (χ1v) is 6.59. The molecule has 0 aromatic carbocycles. The molecular weight excluding hydrogens is 230 g/mol. The minimum atomic E-state index is -0.968. The quantitative estimate of drug-likeness (QED) is 0.860. The highest BCUT2D eigenvalue weighted by Crippen LogP contribution is 2.34. The Morgan fingerprint density at radius 2 is 2.00 bits per heavy atom. The van der Waals surface area contributed by atoms with Gasteiger partial charge in [-0.2, -0.15) is 0 Å². The molecule has 0 radical (unpaired) electrons. The lowest BCUT2D eigenvalue weighted by molar-refractivity contribution is -0.0315. The van der Waals surface area contributed by atoms with Crippen LogP contribution in [0.25, 0.3) is 0 Å². The lowest BCUT2D eigenvalue weighted by Crippen LogP contribution is -2.30. The summed E-state index contributed by atoms with van der Waals surface area (Å²) in [4.78, 5) is 4.13. The Bertz CT molecular complexity index is 377. The van der Waals surface area contributed by atoms with E-state index < -0.39 is 12.2 Å². The molecule has 1 heterocycles. The van der Waals surface area contributed by atoms with Gasteiger partial charge in [-0.05, 0) is 30.9 Å². The van der Waals surface area contributed by atoms with Crippen molar-refractivity contribution in [3.8, 4) is 5.75 Å². The fourth-order valence-electron chi connectivity index (χ4n) is 2.69. The first kappa shape index (κ1) is 13.3. The Hall–Kier alpha value is -1.13. The van der Waals surface area contributed by atoms with E-state index in [1.54, 1.807) is 25.4 Å². The van der Waals surface area contributed by atoms with E-state index in [1.807, 2.05) is 0 Å². The normalized spacial score (nSPS) is 20.4. The second-order valence-electron chi connectivity index (χ2n) is 4.92. The van der Waals surface area contributed by atoms with Gasteiger partial charge in [0, 0.05) is 6.20 Å². The molecule has 0 amide bonds. The molecule has 4 heteroatoms. The van der Waals surface area contributed by atoms with Crippen molar-refractivity contribution >= 4 is 0 Å². The molecule has 100 valence electrons. The highest BCUT2D eigenvalue weighted by Gasteiger charge is 2.30. The van der Waals surface area contributed by atoms with E-state index in [9.17, 15) is 10.2 Å². The predicted octanol–water partition coefficient (Wildman–Crippen LogP) is 2.06. The molecule has 2 unspecified atom stereocenters. The van der Waals surface area contributed by atoms with Crippen LogP contribution in [0, 0.1) is 5.92 Å². The molecule has 1 aliphatic rings. The Balaban J connectivity index is 2.11. The van der Waals surface area contributed by atoms with Gasteiger partial charge < -0.3 is 14.9 Å². The molecule has 1 aliphatic carbocycles. The second-order valence-corrected chi connectivity index (χ2v) is 4.92. The Morgan fingerprint density at radius 1 is 1.28 bits per heavy atom. The van der Waals surface area contributed by atoms with Gasteiger partial charge in [-0.1, -0.05) is 19.3 Å². The largest absolute Gasteiger partial charge is 0.495 e. The maximum Gasteiger partial charge on any atom is 0.143 e. The third-order valence-corrected chi connectivity index (χ3v) is 3.76. The maximum absolute atomic E-state index is 10.3. The van der Waals surface area contributed by atoms with Gasteiger partial charge in [-0.25, -0.2) is 0 Å². The zero-order valence-electron chi connectivity index (χ0n) is 10.7. The molecule has 2 rings (SSSR count). The van der Waals surface area contributed by atoms with E-state index in [1.165, 1.54) is 6.42 Å². The Labute approximate surface area is 108 Å². The van der Waals surface area contributed by atoms with Crippen molar-refractivity contribution in [1.29, 1.82) is 0 Å². The van der Waals surface area contributed by atoms with Crippen LogP contribution in [0.15, 0.2) is 18.3 Å². The number of aromatic nitrogens is 1. The summed E-state index contributed by atoms with van der Waals surface area (Å²) in [6.45, 7) is 0. The predicted molar refractivity (Wildman–Crippen MR) is 68.3 cm³/mol. The summed E-state index contributed by atoms with van der Waals surface area (Å²) in [6, 6.07) is 3.50. The molecule has 1 saturated carbocycles. The van der Waals surface area contributed by atoms with E-state index in [-0.39, 0.29) is 5.92 Å². The average molecular weight is 251 g/mol. The first-order chi connectivity index (χ1) is 8.74. The number of hydrogen-bond acceptors (Lipinski definition) is 4. The van der Waals surface area contributed by atoms with E-state index in [0.717, 1.165) is 25.7 Å². The highest BCUT2D eigenvalue weighted by atomic mass is 16.5. The summed E-state index contributed by atoms with van der Waals surface area (Å²) in [7, 11) is 1.54. The highest BCUT2D eigenvalue weighted by molar-refractivity contribution is 5.29. The molecule has 0 aliphatic heterocycles. The third-order valence-electron chi connectivity index (χ3n) is 3.76. The van der Waals surface area contributed by atoms with Crippen LogP contribution in [0.3, 0.4) is 0 Å². The zero-order valence-corrected chi connectivity index (χ0v) is 10.7. The van der Waals surface area contributed by atoms with Gasteiger partial charge in [0.25, 0.3) is 0 Å². The number of rotatable bonds is 4. The summed E-state index contributed by atoms with van der Waals surface area (Å²) in [6.07, 6.45) is 5.34. The summed E-state index contributed by atoms with van der Waals surface area (Å²) in [5, 5.41) is 20.5. The summed E-state index contributed by atoms with van der Waals surface area (Å²) < 4.78 is 5.17. The topological polar surface area (TPSA) is 62.6 Å². The number of hydrogen-bond donors (Lipinski definition) is 2. The van der Waals surface area contributed by atoms with Crippen molar-refractivity contribution in [3.05, 3.63) is 24.0 Å². The smallest absolute Gasteiger partial charge is 0.143 e. The number of pyridine rings is 1. The van der Waals surface area contributed by atoms with Crippen LogP contribution >= 0.6 is 0 Å². The average Bonchev–Trinajstić information content (AvgIpc) is 2.46. The summed E-state index contributed by atoms with van der Waals surface area (Å²) in [5.41, 5.74) is 0.429. The molecule has 1 fully saturated rings. The fraction of sp³-hybridized carbons (Fsp3) is 0.643. The number of nitrogens with zero attached hydrogens (tertiary/aromatic N) is 1. The Morgan fingerprint density at radius 3 is 2.67 bits per heavy atom. The van der Waals surface area contributed by atoms with Crippen LogP contribution in [0.1, 0.15) is 43.9 Å². The van der Waals surface area contributed by atoms with E-state index in [4.69, 9.17) is 4.74 Å². The summed E-state index contributed by atoms with van der Waals surface area (Å²) in [5.74, 6) is 0.695. The minimum absolute atomic E-state index is 0.167. The van der Waals surface area contributed by atoms with Crippen molar-refractivity contribution in [2.45, 2.75) is 44.3 Å². The lowest BCUT2D eigenvalue weighted by Gasteiger charge is -2.29. The molecule has 0 bridgehead atoms. The van der Waals surface area contributed by atoms with Gasteiger partial charge in [-0.3, -0.25) is 4.98 Å². The maximum atomic E-state index is 10.3. The minimum Gasteiger partial charge on any atom is -0.495 e. The molecule has 2 N–H and O–H groups in total. The fourth-order valence-corrected chi connectivity index (χ4v) is 2.69. The number of ether oxygens (including phenoxy) is 1. The Kier molecular flexibility index (Phi) is 4.55. The van der Waals surface area contributed by atoms with E-state index in [2.05, 4.69) is 4.98 Å². The van der Waals surface area contributed by atoms with Crippen molar-refractivity contribution in [2.24, 2.45) is 5.92 Å². The lowest BCUT2D eigenvalue weighted by atomic mass is 9.82. The van der Waals surface area contributed by atoms with Gasteiger partial charge in [0.15, 0.2) is 0 Å². The van der Waals surface area contributed by atoms with E-state index in [0.29, 0.717) is 11.4 Å². The van der Waals surface area contributed by atoms with Crippen LogP contribution in [0.4, 0.5) is 0 Å².